The van der Waals surface area contributed by atoms with Crippen LogP contribution >= 0.6 is 0 Å². The Balaban J connectivity index is 1.57. The molecule has 1 aliphatic heterocycles. The van der Waals surface area contributed by atoms with E-state index in [1.165, 1.54) is 0 Å². The van der Waals surface area contributed by atoms with Crippen LogP contribution in [0, 0.1) is 0 Å². The Morgan fingerprint density at radius 3 is 2.82 bits per heavy atom. The number of allylic oxidation sites excluding steroid dienone is 15. The minimum atomic E-state index is -0.0999. The molecule has 33 heavy (non-hydrogen) atoms. The largest absolute Gasteiger partial charge is 0.312 e. The second-order valence-electron chi connectivity index (χ2n) is 8.48. The third-order valence-electron chi connectivity index (χ3n) is 5.96. The summed E-state index contributed by atoms with van der Waals surface area (Å²) in [6.45, 7) is 2.02. The van der Waals surface area contributed by atoms with Crippen molar-refractivity contribution in [3.8, 4) is 0 Å². The van der Waals surface area contributed by atoms with E-state index in [9.17, 15) is 9.59 Å². The smallest absolute Gasteiger partial charge is 0.254 e. The fourth-order valence-electron chi connectivity index (χ4n) is 4.11. The van der Waals surface area contributed by atoms with E-state index < -0.39 is 0 Å². The van der Waals surface area contributed by atoms with Crippen LogP contribution in [0.5, 0.6) is 0 Å². The zero-order valence-corrected chi connectivity index (χ0v) is 19.2. The summed E-state index contributed by atoms with van der Waals surface area (Å²) in [6.07, 6.45) is 27.5. The maximum atomic E-state index is 13.2. The topological polar surface area (TPSA) is 61.8 Å². The number of nitrogens with one attached hydrogen (secondary N) is 1. The lowest BCUT2D eigenvalue weighted by Crippen LogP contribution is -2.27. The van der Waals surface area contributed by atoms with E-state index in [0.29, 0.717) is 19.3 Å². The van der Waals surface area contributed by atoms with Crippen molar-refractivity contribution in [2.24, 2.45) is 5.10 Å². The zero-order valence-electron chi connectivity index (χ0n) is 19.2. The van der Waals surface area contributed by atoms with Crippen LogP contribution in [0.25, 0.3) is 0 Å². The summed E-state index contributed by atoms with van der Waals surface area (Å²) in [5.41, 5.74) is 9.30. The molecule has 168 valence electrons. The molecule has 1 N–H and O–H groups in total. The molecule has 0 aromatic heterocycles. The van der Waals surface area contributed by atoms with Crippen LogP contribution in [0.2, 0.25) is 0 Å². The van der Waals surface area contributed by atoms with Gasteiger partial charge in [0.15, 0.2) is 0 Å². The highest BCUT2D eigenvalue weighted by molar-refractivity contribution is 6.08. The fourth-order valence-corrected chi connectivity index (χ4v) is 4.11. The molecule has 0 spiro atoms. The molecule has 5 nitrogen and oxygen atoms in total. The monoisotopic (exact) mass is 439 g/mol. The molecule has 0 bridgehead atoms. The van der Waals surface area contributed by atoms with Gasteiger partial charge in [-0.3, -0.25) is 9.59 Å². The Kier molecular flexibility index (Phi) is 6.98. The van der Waals surface area contributed by atoms with Crippen LogP contribution in [0.3, 0.4) is 0 Å². The van der Waals surface area contributed by atoms with Crippen LogP contribution < -0.4 is 5.43 Å². The van der Waals surface area contributed by atoms with Crippen molar-refractivity contribution in [3.05, 3.63) is 106 Å². The van der Waals surface area contributed by atoms with Gasteiger partial charge in [0, 0.05) is 30.3 Å². The number of hydrazone groups is 1. The lowest BCUT2D eigenvalue weighted by atomic mass is 9.93. The van der Waals surface area contributed by atoms with Gasteiger partial charge in [-0.15, -0.1) is 0 Å². The van der Waals surface area contributed by atoms with Crippen LogP contribution in [-0.2, 0) is 9.59 Å². The molecule has 0 radical (unpaired) electrons. The standard InChI is InChI=1S/C28H29N3O2/c1-20-9-8-12-22(16-15-20)28(33)31(2)24-13-7-6-10-21(17-24)18-26-25-14-5-3-4-11-23(25)19-27(32)30-29-26/h3,5,7-11,13-17H,4,6,12,18-19H2,1-2H3,(H,30,32). The lowest BCUT2D eigenvalue weighted by molar-refractivity contribution is -0.124. The van der Waals surface area contributed by atoms with Gasteiger partial charge >= 0.3 is 0 Å². The van der Waals surface area contributed by atoms with Gasteiger partial charge in [0.25, 0.3) is 5.91 Å². The first-order valence-corrected chi connectivity index (χ1v) is 11.3. The first kappa shape index (κ1) is 22.5. The average Bonchev–Trinajstić information content (AvgIpc) is 3.31. The van der Waals surface area contributed by atoms with E-state index in [2.05, 4.69) is 34.8 Å². The third kappa shape index (κ3) is 5.55. The summed E-state index contributed by atoms with van der Waals surface area (Å²) >= 11 is 0. The molecule has 0 fully saturated rings. The predicted octanol–water partition coefficient (Wildman–Crippen LogP) is 5.13. The minimum Gasteiger partial charge on any atom is -0.312 e. The predicted molar refractivity (Wildman–Crippen MR) is 133 cm³/mol. The van der Waals surface area contributed by atoms with E-state index in [-0.39, 0.29) is 11.8 Å². The van der Waals surface area contributed by atoms with Gasteiger partial charge in [-0.1, -0.05) is 66.3 Å². The molecule has 0 saturated carbocycles. The van der Waals surface area contributed by atoms with Gasteiger partial charge in [0.1, 0.15) is 0 Å². The Hall–Kier alpha value is -3.73. The van der Waals surface area contributed by atoms with Gasteiger partial charge in [-0.25, -0.2) is 5.43 Å². The SMILES string of the molecule is CC1=CC=C(C(=O)N(C)C2=CC(CC3=NNC(=O)CC4=CCC=CC=C43)=CCC=C2)CC=C1. The molecule has 0 saturated heterocycles. The van der Waals surface area contributed by atoms with E-state index in [1.54, 1.807) is 4.90 Å². The van der Waals surface area contributed by atoms with Gasteiger partial charge < -0.3 is 4.90 Å². The van der Waals surface area contributed by atoms with E-state index in [1.807, 2.05) is 62.6 Å². The van der Waals surface area contributed by atoms with Gasteiger partial charge in [0.05, 0.1) is 12.1 Å². The van der Waals surface area contributed by atoms with E-state index in [0.717, 1.165) is 52.1 Å². The van der Waals surface area contributed by atoms with Crippen LogP contribution in [0.15, 0.2) is 112 Å². The number of carbonyl (C=O) groups is 2. The molecule has 5 heteroatoms. The average molecular weight is 440 g/mol. The number of hydrogen-bond acceptors (Lipinski definition) is 3. The van der Waals surface area contributed by atoms with Crippen molar-refractivity contribution in [1.82, 2.24) is 10.3 Å². The first-order chi connectivity index (χ1) is 16.0. The Morgan fingerprint density at radius 2 is 1.94 bits per heavy atom. The summed E-state index contributed by atoms with van der Waals surface area (Å²) in [7, 11) is 1.82. The maximum Gasteiger partial charge on any atom is 0.254 e. The molecule has 0 aromatic carbocycles. The molecule has 0 aromatic rings. The zero-order chi connectivity index (χ0) is 23.2. The summed E-state index contributed by atoms with van der Waals surface area (Å²) < 4.78 is 0. The molecular formula is C28H29N3O2. The minimum absolute atomic E-state index is 0.0105. The van der Waals surface area contributed by atoms with Crippen molar-refractivity contribution in [2.75, 3.05) is 7.05 Å². The second kappa shape index (κ2) is 10.3. The highest BCUT2D eigenvalue weighted by Crippen LogP contribution is 2.27. The van der Waals surface area contributed by atoms with Gasteiger partial charge in [-0.05, 0) is 49.5 Å². The summed E-state index contributed by atoms with van der Waals surface area (Å²) in [6, 6.07) is 0. The number of likely N-dealkylation sites (N-methyl/N-ethyl adjacent to an activating group) is 1. The maximum absolute atomic E-state index is 13.2. The normalized spacial score (nSPS) is 20.2. The van der Waals surface area contributed by atoms with E-state index in [4.69, 9.17) is 0 Å². The van der Waals surface area contributed by atoms with E-state index >= 15 is 0 Å². The van der Waals surface area contributed by atoms with Crippen molar-refractivity contribution >= 4 is 17.5 Å². The molecule has 4 aliphatic rings. The number of nitrogens with zero attached hydrogens (tertiary/aromatic N) is 2. The van der Waals surface area contributed by atoms with Crippen molar-refractivity contribution in [3.63, 3.8) is 0 Å². The fraction of sp³-hybridized carbons (Fsp3) is 0.250. The number of rotatable bonds is 4. The molecule has 4 rings (SSSR count). The number of carbonyl (C=O) groups excluding carboxylic acids is 2. The van der Waals surface area contributed by atoms with Gasteiger partial charge in [-0.2, -0.15) is 5.10 Å². The molecule has 0 unspecified atom stereocenters. The number of fused-ring (bicyclic) bond motifs is 1. The molecule has 3 aliphatic carbocycles. The molecule has 2 amide bonds. The Morgan fingerprint density at radius 1 is 1.09 bits per heavy atom. The van der Waals surface area contributed by atoms with Crippen LogP contribution in [-0.4, -0.2) is 29.5 Å². The lowest BCUT2D eigenvalue weighted by Gasteiger charge is -2.20. The summed E-state index contributed by atoms with van der Waals surface area (Å²) in [4.78, 5) is 27.0. The Bertz CT molecular complexity index is 1160. The highest BCUT2D eigenvalue weighted by Gasteiger charge is 2.22. The molecule has 0 atom stereocenters. The molecular weight excluding hydrogens is 410 g/mol. The third-order valence-corrected chi connectivity index (χ3v) is 5.96. The summed E-state index contributed by atoms with van der Waals surface area (Å²) in [5, 5.41) is 4.43. The Labute approximate surface area is 195 Å². The number of hydrogen-bond donors (Lipinski definition) is 1. The highest BCUT2D eigenvalue weighted by atomic mass is 16.2. The van der Waals surface area contributed by atoms with Crippen molar-refractivity contribution < 1.29 is 9.59 Å². The van der Waals surface area contributed by atoms with Crippen molar-refractivity contribution in [1.29, 1.82) is 0 Å². The first-order valence-electron chi connectivity index (χ1n) is 11.3. The van der Waals surface area contributed by atoms with Crippen LogP contribution in [0.1, 0.15) is 39.0 Å². The number of amides is 2. The van der Waals surface area contributed by atoms with Gasteiger partial charge in [0.2, 0.25) is 5.91 Å². The molecule has 1 heterocycles. The second-order valence-corrected chi connectivity index (χ2v) is 8.48. The van der Waals surface area contributed by atoms with Crippen molar-refractivity contribution in [2.45, 2.75) is 39.0 Å². The summed E-state index contributed by atoms with van der Waals surface area (Å²) in [5.74, 6) is -0.110. The van der Waals surface area contributed by atoms with Crippen LogP contribution in [0.4, 0.5) is 0 Å². The quantitative estimate of drug-likeness (QED) is 0.660.